The molecular formula is C19H18FN3O2. The van der Waals surface area contributed by atoms with Gasteiger partial charge >= 0.3 is 6.03 Å². The second-order valence-electron chi connectivity index (χ2n) is 5.63. The lowest BCUT2D eigenvalue weighted by Crippen LogP contribution is -2.39. The minimum absolute atomic E-state index is 0.309. The van der Waals surface area contributed by atoms with Crippen LogP contribution in [0.3, 0.4) is 0 Å². The van der Waals surface area contributed by atoms with Gasteiger partial charge in [-0.25, -0.2) is 9.18 Å². The number of urea groups is 1. The van der Waals surface area contributed by atoms with Gasteiger partial charge in [0.15, 0.2) is 0 Å². The molecule has 2 aromatic heterocycles. The smallest absolute Gasteiger partial charge is 0.318 e. The quantitative estimate of drug-likeness (QED) is 0.770. The molecule has 1 aromatic carbocycles. The molecule has 0 aliphatic heterocycles. The predicted octanol–water partition coefficient (Wildman–Crippen LogP) is 3.74. The summed E-state index contributed by atoms with van der Waals surface area (Å²) in [6.07, 6.45) is 3.20. The Morgan fingerprint density at radius 2 is 2.12 bits per heavy atom. The predicted molar refractivity (Wildman–Crippen MR) is 91.2 cm³/mol. The van der Waals surface area contributed by atoms with E-state index in [1.165, 1.54) is 17.0 Å². The molecule has 0 aliphatic carbocycles. The Labute approximate surface area is 145 Å². The number of halogens is 1. The van der Waals surface area contributed by atoms with Crippen LogP contribution in [0.5, 0.6) is 0 Å². The number of carbonyl (C=O) groups is 1. The zero-order chi connectivity index (χ0) is 17.6. The Balaban J connectivity index is 1.81. The minimum atomic E-state index is -0.552. The van der Waals surface area contributed by atoms with E-state index in [2.05, 4.69) is 10.3 Å². The van der Waals surface area contributed by atoms with Crippen molar-refractivity contribution in [1.82, 2.24) is 15.2 Å². The van der Waals surface area contributed by atoms with E-state index in [4.69, 9.17) is 4.42 Å². The molecule has 1 N–H and O–H groups in total. The molecule has 0 radical (unpaired) electrons. The average Bonchev–Trinajstić information content (AvgIpc) is 3.13. The number of nitrogens with one attached hydrogen (secondary N) is 1. The molecule has 1 unspecified atom stereocenters. The lowest BCUT2D eigenvalue weighted by molar-refractivity contribution is 0.200. The molecule has 6 heteroatoms. The third-order valence-corrected chi connectivity index (χ3v) is 3.75. The number of furan rings is 1. The van der Waals surface area contributed by atoms with Crippen LogP contribution in [0, 0.1) is 5.82 Å². The zero-order valence-corrected chi connectivity index (χ0v) is 13.7. The van der Waals surface area contributed by atoms with Crippen molar-refractivity contribution in [2.45, 2.75) is 12.6 Å². The molecule has 0 fully saturated rings. The molecule has 25 heavy (non-hydrogen) atoms. The van der Waals surface area contributed by atoms with Crippen LogP contribution in [-0.2, 0) is 6.54 Å². The van der Waals surface area contributed by atoms with Crippen LogP contribution in [0.2, 0.25) is 0 Å². The molecule has 3 rings (SSSR count). The van der Waals surface area contributed by atoms with Gasteiger partial charge in [-0.05, 0) is 42.0 Å². The van der Waals surface area contributed by atoms with E-state index in [-0.39, 0.29) is 11.8 Å². The molecule has 0 saturated carbocycles. The summed E-state index contributed by atoms with van der Waals surface area (Å²) in [5.41, 5.74) is 1.26. The fourth-order valence-electron chi connectivity index (χ4n) is 2.50. The van der Waals surface area contributed by atoms with Gasteiger partial charge in [0, 0.05) is 13.2 Å². The highest BCUT2D eigenvalue weighted by molar-refractivity contribution is 5.74. The Hall–Kier alpha value is -3.15. The average molecular weight is 339 g/mol. The number of carbonyl (C=O) groups excluding carboxylic acids is 1. The van der Waals surface area contributed by atoms with Crippen molar-refractivity contribution in [2.24, 2.45) is 0 Å². The highest BCUT2D eigenvalue weighted by Gasteiger charge is 2.21. The van der Waals surface area contributed by atoms with Gasteiger partial charge in [0.25, 0.3) is 0 Å². The van der Waals surface area contributed by atoms with E-state index in [1.54, 1.807) is 55.9 Å². The van der Waals surface area contributed by atoms with Gasteiger partial charge in [-0.2, -0.15) is 0 Å². The number of aromatic nitrogens is 1. The van der Waals surface area contributed by atoms with Gasteiger partial charge in [-0.3, -0.25) is 4.98 Å². The molecule has 2 amide bonds. The monoisotopic (exact) mass is 339 g/mol. The number of pyridine rings is 1. The van der Waals surface area contributed by atoms with E-state index in [1.807, 2.05) is 6.07 Å². The van der Waals surface area contributed by atoms with Crippen LogP contribution >= 0.6 is 0 Å². The highest BCUT2D eigenvalue weighted by atomic mass is 19.1. The van der Waals surface area contributed by atoms with Crippen molar-refractivity contribution in [2.75, 3.05) is 7.05 Å². The molecule has 2 heterocycles. The van der Waals surface area contributed by atoms with E-state index < -0.39 is 6.04 Å². The van der Waals surface area contributed by atoms with E-state index in [0.717, 1.165) is 0 Å². The SMILES string of the molecule is CN(Cc1ccco1)C(=O)NC(c1cccc(F)c1)c1ccccn1. The molecule has 0 saturated heterocycles. The number of benzene rings is 1. The van der Waals surface area contributed by atoms with Crippen LogP contribution in [0.25, 0.3) is 0 Å². The Morgan fingerprint density at radius 1 is 1.24 bits per heavy atom. The van der Waals surface area contributed by atoms with E-state index >= 15 is 0 Å². The molecule has 128 valence electrons. The molecular weight excluding hydrogens is 321 g/mol. The first kappa shape index (κ1) is 16.7. The minimum Gasteiger partial charge on any atom is -0.467 e. The molecule has 0 bridgehead atoms. The van der Waals surface area contributed by atoms with Crippen LogP contribution < -0.4 is 5.32 Å². The second kappa shape index (κ2) is 7.61. The van der Waals surface area contributed by atoms with Crippen LogP contribution in [-0.4, -0.2) is 23.0 Å². The van der Waals surface area contributed by atoms with Gasteiger partial charge in [-0.15, -0.1) is 0 Å². The summed E-state index contributed by atoms with van der Waals surface area (Å²) >= 11 is 0. The maximum absolute atomic E-state index is 13.6. The summed E-state index contributed by atoms with van der Waals surface area (Å²) in [5.74, 6) is 0.314. The normalized spacial score (nSPS) is 11.8. The topological polar surface area (TPSA) is 58.4 Å². The summed E-state index contributed by atoms with van der Waals surface area (Å²) in [4.78, 5) is 18.4. The van der Waals surface area contributed by atoms with Gasteiger partial charge in [0.05, 0.1) is 24.5 Å². The van der Waals surface area contributed by atoms with Crippen molar-refractivity contribution < 1.29 is 13.6 Å². The molecule has 0 spiro atoms. The lowest BCUT2D eigenvalue weighted by Gasteiger charge is -2.23. The number of amides is 2. The van der Waals surface area contributed by atoms with Crippen molar-refractivity contribution in [3.05, 3.63) is 89.9 Å². The van der Waals surface area contributed by atoms with E-state index in [9.17, 15) is 9.18 Å². The van der Waals surface area contributed by atoms with Crippen molar-refractivity contribution in [3.8, 4) is 0 Å². The zero-order valence-electron chi connectivity index (χ0n) is 13.7. The van der Waals surface area contributed by atoms with Gasteiger partial charge < -0.3 is 14.6 Å². The summed E-state index contributed by atoms with van der Waals surface area (Å²) in [6.45, 7) is 0.330. The van der Waals surface area contributed by atoms with Crippen LogP contribution in [0.4, 0.5) is 9.18 Å². The summed E-state index contributed by atoms with van der Waals surface area (Å²) < 4.78 is 18.9. The van der Waals surface area contributed by atoms with Crippen molar-refractivity contribution >= 4 is 6.03 Å². The molecule has 1 atom stereocenters. The summed E-state index contributed by atoms with van der Waals surface area (Å²) in [6, 6.07) is 14.2. The second-order valence-corrected chi connectivity index (χ2v) is 5.63. The maximum Gasteiger partial charge on any atom is 0.318 e. The third-order valence-electron chi connectivity index (χ3n) is 3.75. The standard InChI is InChI=1S/C19H18FN3O2/c1-23(13-16-8-5-11-25-16)19(24)22-18(17-9-2-3-10-21-17)14-6-4-7-15(20)12-14/h2-12,18H,13H2,1H3,(H,22,24). The fourth-order valence-corrected chi connectivity index (χ4v) is 2.50. The van der Waals surface area contributed by atoms with Crippen molar-refractivity contribution in [3.63, 3.8) is 0 Å². The first-order chi connectivity index (χ1) is 12.1. The Morgan fingerprint density at radius 3 is 2.80 bits per heavy atom. The lowest BCUT2D eigenvalue weighted by atomic mass is 10.0. The Bertz CT molecular complexity index is 822. The van der Waals surface area contributed by atoms with Crippen molar-refractivity contribution in [1.29, 1.82) is 0 Å². The van der Waals surface area contributed by atoms with Gasteiger partial charge in [-0.1, -0.05) is 18.2 Å². The highest BCUT2D eigenvalue weighted by Crippen LogP contribution is 2.21. The van der Waals surface area contributed by atoms with E-state index in [0.29, 0.717) is 23.6 Å². The summed E-state index contributed by atoms with van der Waals surface area (Å²) in [7, 11) is 1.67. The maximum atomic E-state index is 13.6. The van der Waals surface area contributed by atoms with Gasteiger partial charge in [0.2, 0.25) is 0 Å². The van der Waals surface area contributed by atoms with Crippen LogP contribution in [0.1, 0.15) is 23.1 Å². The number of rotatable bonds is 5. The van der Waals surface area contributed by atoms with Crippen LogP contribution in [0.15, 0.2) is 71.5 Å². The number of hydrogen-bond donors (Lipinski definition) is 1. The number of hydrogen-bond acceptors (Lipinski definition) is 3. The van der Waals surface area contributed by atoms with Gasteiger partial charge in [0.1, 0.15) is 11.6 Å². The molecule has 0 aliphatic rings. The Kier molecular flexibility index (Phi) is 5.09. The third kappa shape index (κ3) is 4.23. The summed E-state index contributed by atoms with van der Waals surface area (Å²) in [5, 5.41) is 2.91. The molecule has 5 nitrogen and oxygen atoms in total. The largest absolute Gasteiger partial charge is 0.467 e. The fraction of sp³-hybridized carbons (Fsp3) is 0.158. The molecule has 3 aromatic rings. The first-order valence-corrected chi connectivity index (χ1v) is 7.84. The first-order valence-electron chi connectivity index (χ1n) is 7.84. The number of nitrogens with zero attached hydrogens (tertiary/aromatic N) is 2.